The Hall–Kier alpha value is -2.30. The van der Waals surface area contributed by atoms with Crippen LogP contribution >= 0.6 is 0 Å². The van der Waals surface area contributed by atoms with E-state index in [2.05, 4.69) is 22.0 Å². The Balaban J connectivity index is 1.90. The molecule has 0 aliphatic rings. The maximum Gasteiger partial charge on any atom is 0.356 e. The average Bonchev–Trinajstić information content (AvgIpc) is 2.98. The van der Waals surface area contributed by atoms with Gasteiger partial charge in [-0.1, -0.05) is 0 Å². The molecule has 0 aliphatic heterocycles. The maximum absolute atomic E-state index is 11.4. The van der Waals surface area contributed by atoms with Crippen LogP contribution in [0.25, 0.3) is 0 Å². The molecule has 0 amide bonds. The summed E-state index contributed by atoms with van der Waals surface area (Å²) in [6.07, 6.45) is 5.08. The number of methoxy groups -OCH3 is 1. The van der Waals surface area contributed by atoms with Crippen molar-refractivity contribution in [3.63, 3.8) is 0 Å². The molecule has 0 radical (unpaired) electrons. The van der Waals surface area contributed by atoms with Crippen LogP contribution in [-0.2, 0) is 11.2 Å². The van der Waals surface area contributed by atoms with Gasteiger partial charge in [0.05, 0.1) is 13.4 Å². The SMILES string of the molecule is COC(=O)c1cc(NC(C)CCc2ccco2)ccn1. The van der Waals surface area contributed by atoms with E-state index < -0.39 is 5.97 Å². The van der Waals surface area contributed by atoms with Crippen LogP contribution in [-0.4, -0.2) is 24.1 Å². The number of anilines is 1. The molecule has 2 aromatic heterocycles. The van der Waals surface area contributed by atoms with Crippen molar-refractivity contribution in [3.8, 4) is 0 Å². The Kier molecular flexibility index (Phi) is 4.76. The molecule has 0 aromatic carbocycles. The van der Waals surface area contributed by atoms with Crippen LogP contribution in [0.15, 0.2) is 41.1 Å². The number of furan rings is 1. The van der Waals surface area contributed by atoms with Crippen LogP contribution in [0.2, 0.25) is 0 Å². The van der Waals surface area contributed by atoms with E-state index in [1.807, 2.05) is 18.2 Å². The molecular formula is C15H18N2O3. The van der Waals surface area contributed by atoms with Gasteiger partial charge in [0.2, 0.25) is 0 Å². The van der Waals surface area contributed by atoms with E-state index in [1.165, 1.54) is 7.11 Å². The maximum atomic E-state index is 11.4. The molecule has 0 saturated heterocycles. The van der Waals surface area contributed by atoms with Gasteiger partial charge in [0.25, 0.3) is 0 Å². The number of hydrogen-bond acceptors (Lipinski definition) is 5. The summed E-state index contributed by atoms with van der Waals surface area (Å²) in [5.74, 6) is 0.542. The molecule has 5 heteroatoms. The van der Waals surface area contributed by atoms with Crippen molar-refractivity contribution in [2.24, 2.45) is 0 Å². The summed E-state index contributed by atoms with van der Waals surface area (Å²) >= 11 is 0. The molecule has 1 unspecified atom stereocenters. The Labute approximate surface area is 118 Å². The van der Waals surface area contributed by atoms with Crippen LogP contribution in [0.3, 0.4) is 0 Å². The molecule has 0 aliphatic carbocycles. The van der Waals surface area contributed by atoms with Crippen molar-refractivity contribution in [1.82, 2.24) is 4.98 Å². The number of aryl methyl sites for hydroxylation is 1. The van der Waals surface area contributed by atoms with Crippen LogP contribution in [0.1, 0.15) is 29.6 Å². The summed E-state index contributed by atoms with van der Waals surface area (Å²) in [4.78, 5) is 15.4. The van der Waals surface area contributed by atoms with E-state index in [9.17, 15) is 4.79 Å². The number of aromatic nitrogens is 1. The number of carbonyl (C=O) groups excluding carboxylic acids is 1. The van der Waals surface area contributed by atoms with Gasteiger partial charge in [-0.05, 0) is 37.6 Å². The lowest BCUT2D eigenvalue weighted by Gasteiger charge is -2.14. The highest BCUT2D eigenvalue weighted by Crippen LogP contribution is 2.13. The van der Waals surface area contributed by atoms with Crippen molar-refractivity contribution in [2.45, 2.75) is 25.8 Å². The van der Waals surface area contributed by atoms with Crippen molar-refractivity contribution < 1.29 is 13.9 Å². The predicted molar refractivity (Wildman–Crippen MR) is 75.7 cm³/mol. The van der Waals surface area contributed by atoms with Gasteiger partial charge in [-0.3, -0.25) is 0 Å². The van der Waals surface area contributed by atoms with Crippen molar-refractivity contribution in [2.75, 3.05) is 12.4 Å². The fourth-order valence-electron chi connectivity index (χ4n) is 1.91. The second-order valence-electron chi connectivity index (χ2n) is 4.58. The third-order valence-electron chi connectivity index (χ3n) is 2.97. The monoisotopic (exact) mass is 274 g/mol. The van der Waals surface area contributed by atoms with Gasteiger partial charge < -0.3 is 14.5 Å². The van der Waals surface area contributed by atoms with Gasteiger partial charge in [0, 0.05) is 24.3 Å². The lowest BCUT2D eigenvalue weighted by Crippen LogP contribution is -2.16. The molecule has 1 atom stereocenters. The van der Waals surface area contributed by atoms with E-state index >= 15 is 0 Å². The summed E-state index contributed by atoms with van der Waals surface area (Å²) in [7, 11) is 1.34. The second kappa shape index (κ2) is 6.75. The highest BCUT2D eigenvalue weighted by atomic mass is 16.5. The van der Waals surface area contributed by atoms with Crippen molar-refractivity contribution in [3.05, 3.63) is 48.2 Å². The first kappa shape index (κ1) is 14.1. The van der Waals surface area contributed by atoms with E-state index in [4.69, 9.17) is 4.42 Å². The van der Waals surface area contributed by atoms with Gasteiger partial charge in [0.15, 0.2) is 0 Å². The molecule has 0 saturated carbocycles. The molecule has 2 heterocycles. The quantitative estimate of drug-likeness (QED) is 0.820. The zero-order valence-electron chi connectivity index (χ0n) is 11.6. The number of rotatable bonds is 6. The Morgan fingerprint density at radius 2 is 2.35 bits per heavy atom. The standard InChI is InChI=1S/C15H18N2O3/c1-11(5-6-13-4-3-9-20-13)17-12-7-8-16-14(10-12)15(18)19-2/h3-4,7-11H,5-6H2,1-2H3,(H,16,17). The molecule has 20 heavy (non-hydrogen) atoms. The molecular weight excluding hydrogens is 256 g/mol. The van der Waals surface area contributed by atoms with Gasteiger partial charge >= 0.3 is 5.97 Å². The number of hydrogen-bond donors (Lipinski definition) is 1. The first-order valence-corrected chi connectivity index (χ1v) is 6.52. The number of nitrogens with one attached hydrogen (secondary N) is 1. The first-order chi connectivity index (χ1) is 9.69. The summed E-state index contributed by atoms with van der Waals surface area (Å²) in [6.45, 7) is 2.08. The molecule has 2 rings (SSSR count). The molecule has 0 fully saturated rings. The second-order valence-corrected chi connectivity index (χ2v) is 4.58. The van der Waals surface area contributed by atoms with Gasteiger partial charge in [-0.2, -0.15) is 0 Å². The zero-order valence-corrected chi connectivity index (χ0v) is 11.6. The van der Waals surface area contributed by atoms with E-state index in [1.54, 1.807) is 18.5 Å². The Bertz CT molecular complexity index is 552. The molecule has 1 N–H and O–H groups in total. The smallest absolute Gasteiger partial charge is 0.356 e. The lowest BCUT2D eigenvalue weighted by atomic mass is 10.1. The third-order valence-corrected chi connectivity index (χ3v) is 2.97. The number of esters is 1. The number of carbonyl (C=O) groups is 1. The van der Waals surface area contributed by atoms with E-state index in [0.29, 0.717) is 5.69 Å². The highest BCUT2D eigenvalue weighted by Gasteiger charge is 2.09. The molecule has 0 bridgehead atoms. The first-order valence-electron chi connectivity index (χ1n) is 6.52. The predicted octanol–water partition coefficient (Wildman–Crippen LogP) is 2.89. The van der Waals surface area contributed by atoms with Crippen LogP contribution in [0, 0.1) is 0 Å². The fraction of sp³-hybridized carbons (Fsp3) is 0.333. The number of pyridine rings is 1. The van der Waals surface area contributed by atoms with Gasteiger partial charge in [0.1, 0.15) is 11.5 Å². The average molecular weight is 274 g/mol. The van der Waals surface area contributed by atoms with E-state index in [0.717, 1.165) is 24.3 Å². The zero-order chi connectivity index (χ0) is 14.4. The third kappa shape index (κ3) is 3.85. The Morgan fingerprint density at radius 3 is 3.05 bits per heavy atom. The fourth-order valence-corrected chi connectivity index (χ4v) is 1.91. The highest BCUT2D eigenvalue weighted by molar-refractivity contribution is 5.88. The minimum Gasteiger partial charge on any atom is -0.469 e. The summed E-state index contributed by atoms with van der Waals surface area (Å²) < 4.78 is 9.95. The molecule has 106 valence electrons. The minimum absolute atomic E-state index is 0.257. The minimum atomic E-state index is -0.433. The molecule has 5 nitrogen and oxygen atoms in total. The topological polar surface area (TPSA) is 64.4 Å². The van der Waals surface area contributed by atoms with Crippen molar-refractivity contribution >= 4 is 11.7 Å². The normalized spacial score (nSPS) is 11.9. The van der Waals surface area contributed by atoms with Gasteiger partial charge in [-0.25, -0.2) is 9.78 Å². The van der Waals surface area contributed by atoms with Crippen LogP contribution in [0.4, 0.5) is 5.69 Å². The van der Waals surface area contributed by atoms with Crippen molar-refractivity contribution in [1.29, 1.82) is 0 Å². The summed E-state index contributed by atoms with van der Waals surface area (Å²) in [5, 5.41) is 3.33. The van der Waals surface area contributed by atoms with Crippen LogP contribution in [0.5, 0.6) is 0 Å². The summed E-state index contributed by atoms with van der Waals surface area (Å²) in [6, 6.07) is 7.63. The summed E-state index contributed by atoms with van der Waals surface area (Å²) in [5.41, 5.74) is 1.16. The van der Waals surface area contributed by atoms with Gasteiger partial charge in [-0.15, -0.1) is 0 Å². The van der Waals surface area contributed by atoms with E-state index in [-0.39, 0.29) is 6.04 Å². The number of nitrogens with zero attached hydrogens (tertiary/aromatic N) is 1. The molecule has 2 aromatic rings. The Morgan fingerprint density at radius 1 is 1.50 bits per heavy atom. The van der Waals surface area contributed by atoms with Crippen LogP contribution < -0.4 is 5.32 Å². The molecule has 0 spiro atoms. The lowest BCUT2D eigenvalue weighted by molar-refractivity contribution is 0.0594. The number of ether oxygens (including phenoxy) is 1. The largest absolute Gasteiger partial charge is 0.469 e.